The molecule has 0 fully saturated rings. The summed E-state index contributed by atoms with van der Waals surface area (Å²) >= 11 is 6.00. The minimum absolute atomic E-state index is 0.0151. The van der Waals surface area contributed by atoms with Crippen LogP contribution in [0.4, 0.5) is 0 Å². The molecule has 1 aliphatic carbocycles. The van der Waals surface area contributed by atoms with Crippen molar-refractivity contribution in [2.24, 2.45) is 5.11 Å². The van der Waals surface area contributed by atoms with Crippen LogP contribution >= 0.6 is 11.6 Å². The van der Waals surface area contributed by atoms with E-state index in [1.165, 1.54) is 0 Å². The van der Waals surface area contributed by atoms with Gasteiger partial charge >= 0.3 is 0 Å². The maximum Gasteiger partial charge on any atom is 0.0631 e. The van der Waals surface area contributed by atoms with Gasteiger partial charge in [0, 0.05) is 9.93 Å². The average Bonchev–Trinajstić information content (AvgIpc) is 2.51. The summed E-state index contributed by atoms with van der Waals surface area (Å²) in [7, 11) is 0. The maximum absolute atomic E-state index is 8.35. The van der Waals surface area contributed by atoms with Crippen LogP contribution in [0.1, 0.15) is 23.6 Å². The van der Waals surface area contributed by atoms with Gasteiger partial charge in [0.15, 0.2) is 0 Å². The third-order valence-corrected chi connectivity index (χ3v) is 2.73. The Hall–Kier alpha value is -1.18. The van der Waals surface area contributed by atoms with E-state index in [9.17, 15) is 0 Å². The molecule has 0 aliphatic heterocycles. The summed E-state index contributed by atoms with van der Waals surface area (Å²) in [4.78, 5) is 2.83. The van der Waals surface area contributed by atoms with Crippen LogP contribution in [0, 0.1) is 0 Å². The molecule has 0 N–H and O–H groups in total. The highest BCUT2D eigenvalue weighted by molar-refractivity contribution is 6.31. The molecule has 0 radical (unpaired) electrons. The summed E-state index contributed by atoms with van der Waals surface area (Å²) in [5.74, 6) is 0. The molecule has 2 rings (SSSR count). The van der Waals surface area contributed by atoms with Crippen LogP contribution in [0.25, 0.3) is 10.4 Å². The largest absolute Gasteiger partial charge is 0.0859 e. The molecule has 0 saturated heterocycles. The number of nitrogens with zero attached hydrogens (tertiary/aromatic N) is 3. The lowest BCUT2D eigenvalue weighted by molar-refractivity contribution is 0.707. The number of rotatable bonds is 1. The van der Waals surface area contributed by atoms with E-state index in [2.05, 4.69) is 10.0 Å². The van der Waals surface area contributed by atoms with Crippen molar-refractivity contribution in [3.63, 3.8) is 0 Å². The highest BCUT2D eigenvalue weighted by atomic mass is 35.5. The van der Waals surface area contributed by atoms with Gasteiger partial charge in [-0.15, -0.1) is 0 Å². The number of halogens is 1. The Kier molecular flexibility index (Phi) is 2.13. The van der Waals surface area contributed by atoms with Crippen molar-refractivity contribution >= 4 is 11.6 Å². The molecule has 1 aliphatic rings. The molecular formula is C9H8ClN3. The third kappa shape index (κ3) is 1.37. The van der Waals surface area contributed by atoms with Gasteiger partial charge in [-0.2, -0.15) is 0 Å². The molecule has 1 aromatic rings. The molecule has 0 heterocycles. The first-order valence-electron chi connectivity index (χ1n) is 4.14. The van der Waals surface area contributed by atoms with Crippen molar-refractivity contribution in [1.29, 1.82) is 0 Å². The summed E-state index contributed by atoms with van der Waals surface area (Å²) in [6, 6.07) is 5.73. The van der Waals surface area contributed by atoms with Crippen molar-refractivity contribution in [1.82, 2.24) is 0 Å². The number of hydrogen-bond donors (Lipinski definition) is 0. The zero-order valence-corrected chi connectivity index (χ0v) is 7.70. The predicted octanol–water partition coefficient (Wildman–Crippen LogP) is 3.64. The minimum Gasteiger partial charge on any atom is -0.0859 e. The lowest BCUT2D eigenvalue weighted by Gasteiger charge is -2.03. The Morgan fingerprint density at radius 2 is 2.38 bits per heavy atom. The SMILES string of the molecule is [N-]=[N+]=N[C@H]1CCc2c(Cl)cccc21. The van der Waals surface area contributed by atoms with Crippen LogP contribution in [0.3, 0.4) is 0 Å². The summed E-state index contributed by atoms with van der Waals surface area (Å²) < 4.78 is 0. The van der Waals surface area contributed by atoms with E-state index >= 15 is 0 Å². The van der Waals surface area contributed by atoms with E-state index in [1.807, 2.05) is 18.2 Å². The van der Waals surface area contributed by atoms with Crippen molar-refractivity contribution in [3.8, 4) is 0 Å². The second-order valence-electron chi connectivity index (χ2n) is 3.07. The zero-order chi connectivity index (χ0) is 9.26. The van der Waals surface area contributed by atoms with E-state index in [0.29, 0.717) is 0 Å². The molecule has 13 heavy (non-hydrogen) atoms. The number of azide groups is 1. The number of hydrogen-bond acceptors (Lipinski definition) is 1. The van der Waals surface area contributed by atoms with Crippen LogP contribution in [0.5, 0.6) is 0 Å². The number of benzene rings is 1. The quantitative estimate of drug-likeness (QED) is 0.372. The van der Waals surface area contributed by atoms with Crippen LogP contribution in [0.15, 0.2) is 23.3 Å². The van der Waals surface area contributed by atoms with Crippen LogP contribution in [0.2, 0.25) is 5.02 Å². The first kappa shape index (κ1) is 8.42. The lowest BCUT2D eigenvalue weighted by Crippen LogP contribution is -1.86. The van der Waals surface area contributed by atoms with Gasteiger partial charge < -0.3 is 0 Å². The minimum atomic E-state index is -0.0151. The van der Waals surface area contributed by atoms with Crippen LogP contribution in [-0.4, -0.2) is 0 Å². The fourth-order valence-corrected chi connectivity index (χ4v) is 2.05. The van der Waals surface area contributed by atoms with Gasteiger partial charge in [-0.05, 0) is 35.6 Å². The molecule has 4 heteroatoms. The molecule has 3 nitrogen and oxygen atoms in total. The number of fused-ring (bicyclic) bond motifs is 1. The Morgan fingerprint density at radius 3 is 3.15 bits per heavy atom. The molecule has 66 valence electrons. The van der Waals surface area contributed by atoms with Crippen molar-refractivity contribution in [3.05, 3.63) is 44.8 Å². The molecule has 0 aromatic heterocycles. The van der Waals surface area contributed by atoms with Gasteiger partial charge in [-0.3, -0.25) is 0 Å². The molecule has 0 unspecified atom stereocenters. The maximum atomic E-state index is 8.35. The smallest absolute Gasteiger partial charge is 0.0631 e. The van der Waals surface area contributed by atoms with E-state index in [4.69, 9.17) is 17.1 Å². The van der Waals surface area contributed by atoms with E-state index in [0.717, 1.165) is 29.0 Å². The fourth-order valence-electron chi connectivity index (χ4n) is 1.77. The highest BCUT2D eigenvalue weighted by Crippen LogP contribution is 2.37. The summed E-state index contributed by atoms with van der Waals surface area (Å²) in [6.07, 6.45) is 1.79. The zero-order valence-electron chi connectivity index (χ0n) is 6.94. The average molecular weight is 194 g/mol. The molecule has 0 bridgehead atoms. The Labute approximate surface area is 81.0 Å². The van der Waals surface area contributed by atoms with E-state index in [-0.39, 0.29) is 6.04 Å². The van der Waals surface area contributed by atoms with Gasteiger partial charge in [-0.1, -0.05) is 28.8 Å². The van der Waals surface area contributed by atoms with Crippen LogP contribution < -0.4 is 0 Å². The second kappa shape index (κ2) is 3.29. The molecular weight excluding hydrogens is 186 g/mol. The normalized spacial score (nSPS) is 19.3. The summed E-state index contributed by atoms with van der Waals surface area (Å²) in [5, 5.41) is 4.51. The van der Waals surface area contributed by atoms with E-state index < -0.39 is 0 Å². The van der Waals surface area contributed by atoms with Gasteiger partial charge in [0.2, 0.25) is 0 Å². The van der Waals surface area contributed by atoms with Crippen molar-refractivity contribution < 1.29 is 0 Å². The highest BCUT2D eigenvalue weighted by Gasteiger charge is 2.22. The Balaban J connectivity index is 2.48. The first-order chi connectivity index (χ1) is 6.33. The fraction of sp³-hybridized carbons (Fsp3) is 0.333. The monoisotopic (exact) mass is 193 g/mol. The van der Waals surface area contributed by atoms with Gasteiger partial charge in [0.25, 0.3) is 0 Å². The van der Waals surface area contributed by atoms with Crippen molar-refractivity contribution in [2.75, 3.05) is 0 Å². The first-order valence-corrected chi connectivity index (χ1v) is 4.52. The molecule has 0 spiro atoms. The van der Waals surface area contributed by atoms with Gasteiger partial charge in [0.05, 0.1) is 6.04 Å². The standard InChI is InChI=1S/C9H8ClN3/c10-8-3-1-2-7-6(8)4-5-9(7)12-13-11/h1-3,9H,4-5H2/t9-/m0/s1. The summed E-state index contributed by atoms with van der Waals surface area (Å²) in [6.45, 7) is 0. The Bertz CT molecular complexity index is 382. The van der Waals surface area contributed by atoms with Gasteiger partial charge in [-0.25, -0.2) is 0 Å². The van der Waals surface area contributed by atoms with E-state index in [1.54, 1.807) is 0 Å². The third-order valence-electron chi connectivity index (χ3n) is 2.37. The Morgan fingerprint density at radius 1 is 1.54 bits per heavy atom. The molecule has 1 aromatic carbocycles. The molecule has 1 atom stereocenters. The van der Waals surface area contributed by atoms with Crippen molar-refractivity contribution in [2.45, 2.75) is 18.9 Å². The summed E-state index contributed by atoms with van der Waals surface area (Å²) in [5.41, 5.74) is 10.6. The predicted molar refractivity (Wildman–Crippen MR) is 51.7 cm³/mol. The van der Waals surface area contributed by atoms with Gasteiger partial charge in [0.1, 0.15) is 0 Å². The topological polar surface area (TPSA) is 48.8 Å². The molecule has 0 amide bonds. The molecule has 0 saturated carbocycles. The lowest BCUT2D eigenvalue weighted by atomic mass is 10.1. The second-order valence-corrected chi connectivity index (χ2v) is 3.47. The van der Waals surface area contributed by atoms with Crippen LogP contribution in [-0.2, 0) is 6.42 Å².